The predicted molar refractivity (Wildman–Crippen MR) is 68.1 cm³/mol. The molecule has 90 valence electrons. The summed E-state index contributed by atoms with van der Waals surface area (Å²) < 4.78 is 5.67. The molecule has 5 heteroatoms. The molecule has 0 saturated heterocycles. The van der Waals surface area contributed by atoms with Crippen LogP contribution in [0.15, 0.2) is 29.6 Å². The highest BCUT2D eigenvalue weighted by Crippen LogP contribution is 2.20. The van der Waals surface area contributed by atoms with E-state index < -0.39 is 0 Å². The summed E-state index contributed by atoms with van der Waals surface area (Å²) in [5.41, 5.74) is 7.37. The van der Waals surface area contributed by atoms with Gasteiger partial charge in [0.25, 0.3) is 0 Å². The van der Waals surface area contributed by atoms with E-state index in [9.17, 15) is 0 Å². The largest absolute Gasteiger partial charge is 0.487 e. The maximum atomic E-state index is 8.95. The number of hydrogen-bond acceptors (Lipinski definition) is 5. The second-order valence-corrected chi connectivity index (χ2v) is 4.44. The van der Waals surface area contributed by atoms with Crippen molar-refractivity contribution in [3.63, 3.8) is 0 Å². The molecule has 0 fully saturated rings. The molecular formula is C12H14N2O2S. The topological polar surface area (TPSA) is 68.4 Å². The molecule has 17 heavy (non-hydrogen) atoms. The molecule has 0 bridgehead atoms. The van der Waals surface area contributed by atoms with Crippen LogP contribution in [-0.2, 0) is 13.0 Å². The van der Waals surface area contributed by atoms with Crippen molar-refractivity contribution < 1.29 is 9.84 Å². The van der Waals surface area contributed by atoms with Gasteiger partial charge < -0.3 is 15.6 Å². The van der Waals surface area contributed by atoms with Gasteiger partial charge in [0.2, 0.25) is 0 Å². The zero-order valence-corrected chi connectivity index (χ0v) is 10.1. The average Bonchev–Trinajstić information content (AvgIpc) is 2.74. The van der Waals surface area contributed by atoms with E-state index in [4.69, 9.17) is 15.6 Å². The number of anilines is 1. The highest BCUT2D eigenvalue weighted by molar-refractivity contribution is 7.13. The van der Waals surface area contributed by atoms with Crippen LogP contribution in [0.5, 0.6) is 5.75 Å². The smallest absolute Gasteiger partial charge is 0.180 e. The Labute approximate surface area is 104 Å². The number of rotatable bonds is 5. The first-order valence-electron chi connectivity index (χ1n) is 5.31. The summed E-state index contributed by atoms with van der Waals surface area (Å²) in [5.74, 6) is 0.785. The van der Waals surface area contributed by atoms with Crippen molar-refractivity contribution in [2.75, 3.05) is 12.3 Å². The van der Waals surface area contributed by atoms with Crippen LogP contribution in [0, 0.1) is 0 Å². The molecule has 1 aromatic carbocycles. The number of aliphatic hydroxyl groups is 1. The van der Waals surface area contributed by atoms with Gasteiger partial charge in [0, 0.05) is 12.0 Å². The number of benzene rings is 1. The molecule has 0 unspecified atom stereocenters. The lowest BCUT2D eigenvalue weighted by atomic mass is 10.1. The molecule has 1 aromatic heterocycles. The Morgan fingerprint density at radius 1 is 1.35 bits per heavy atom. The minimum Gasteiger partial charge on any atom is -0.487 e. The number of aromatic nitrogens is 1. The fourth-order valence-corrected chi connectivity index (χ4v) is 2.06. The number of para-hydroxylation sites is 1. The van der Waals surface area contributed by atoms with Gasteiger partial charge in [0.05, 0.1) is 5.69 Å². The Hall–Kier alpha value is -1.59. The third-order valence-corrected chi connectivity index (χ3v) is 3.02. The van der Waals surface area contributed by atoms with Crippen LogP contribution in [0.3, 0.4) is 0 Å². The van der Waals surface area contributed by atoms with Crippen molar-refractivity contribution in [2.24, 2.45) is 0 Å². The van der Waals surface area contributed by atoms with E-state index in [2.05, 4.69) is 4.98 Å². The van der Waals surface area contributed by atoms with Gasteiger partial charge in [-0.15, -0.1) is 11.3 Å². The zero-order valence-electron chi connectivity index (χ0n) is 9.30. The normalized spacial score (nSPS) is 10.4. The minimum absolute atomic E-state index is 0.115. The maximum Gasteiger partial charge on any atom is 0.180 e. The summed E-state index contributed by atoms with van der Waals surface area (Å²) in [4.78, 5) is 4.12. The predicted octanol–water partition coefficient (Wildman–Crippen LogP) is 1.84. The van der Waals surface area contributed by atoms with E-state index >= 15 is 0 Å². The number of hydrogen-bond donors (Lipinski definition) is 2. The van der Waals surface area contributed by atoms with Crippen molar-refractivity contribution >= 4 is 16.5 Å². The Bertz CT molecular complexity index is 485. The van der Waals surface area contributed by atoms with Crippen LogP contribution in [0.1, 0.15) is 11.3 Å². The van der Waals surface area contributed by atoms with E-state index in [0.717, 1.165) is 17.0 Å². The fraction of sp³-hybridized carbons (Fsp3) is 0.250. The van der Waals surface area contributed by atoms with E-state index in [1.807, 2.05) is 29.6 Å². The van der Waals surface area contributed by atoms with Crippen molar-refractivity contribution in [2.45, 2.75) is 13.0 Å². The van der Waals surface area contributed by atoms with Gasteiger partial charge in [0.15, 0.2) is 5.13 Å². The number of nitrogens with two attached hydrogens (primary N) is 1. The monoisotopic (exact) mass is 250 g/mol. The van der Waals surface area contributed by atoms with E-state index in [1.165, 1.54) is 11.3 Å². The van der Waals surface area contributed by atoms with Crippen LogP contribution in [0.2, 0.25) is 0 Å². The molecule has 0 amide bonds. The molecule has 4 nitrogen and oxygen atoms in total. The van der Waals surface area contributed by atoms with Crippen LogP contribution >= 0.6 is 11.3 Å². The molecule has 0 aliphatic carbocycles. The number of nitrogens with zero attached hydrogens (tertiary/aromatic N) is 1. The lowest BCUT2D eigenvalue weighted by molar-refractivity contribution is 0.282. The first-order chi connectivity index (χ1) is 8.29. The van der Waals surface area contributed by atoms with Crippen LogP contribution < -0.4 is 10.5 Å². The SMILES string of the molecule is Nc1nc(COc2ccccc2CCO)cs1. The van der Waals surface area contributed by atoms with Gasteiger partial charge in [-0.1, -0.05) is 18.2 Å². The summed E-state index contributed by atoms with van der Waals surface area (Å²) in [6.07, 6.45) is 0.593. The van der Waals surface area contributed by atoms with Crippen LogP contribution in [-0.4, -0.2) is 16.7 Å². The Balaban J connectivity index is 2.03. The Kier molecular flexibility index (Phi) is 3.95. The summed E-state index contributed by atoms with van der Waals surface area (Å²) in [6, 6.07) is 7.67. The van der Waals surface area contributed by atoms with Crippen molar-refractivity contribution in [1.82, 2.24) is 4.98 Å². The van der Waals surface area contributed by atoms with Gasteiger partial charge in [-0.25, -0.2) is 4.98 Å². The maximum absolute atomic E-state index is 8.95. The Morgan fingerprint density at radius 2 is 2.18 bits per heavy atom. The highest BCUT2D eigenvalue weighted by Gasteiger charge is 2.04. The molecular weight excluding hydrogens is 236 g/mol. The third kappa shape index (κ3) is 3.18. The van der Waals surface area contributed by atoms with Gasteiger partial charge in [-0.05, 0) is 18.1 Å². The summed E-state index contributed by atoms with van der Waals surface area (Å²) in [7, 11) is 0. The minimum atomic E-state index is 0.115. The fourth-order valence-electron chi connectivity index (χ4n) is 1.51. The number of thiazole rings is 1. The summed E-state index contributed by atoms with van der Waals surface area (Å²) >= 11 is 1.40. The van der Waals surface area contributed by atoms with E-state index in [1.54, 1.807) is 0 Å². The average molecular weight is 250 g/mol. The number of aliphatic hydroxyl groups excluding tert-OH is 1. The molecule has 2 rings (SSSR count). The number of ether oxygens (including phenoxy) is 1. The van der Waals surface area contributed by atoms with Crippen molar-refractivity contribution in [3.8, 4) is 5.75 Å². The van der Waals surface area contributed by atoms with Gasteiger partial charge >= 0.3 is 0 Å². The van der Waals surface area contributed by atoms with Crippen molar-refractivity contribution in [1.29, 1.82) is 0 Å². The summed E-state index contributed by atoms with van der Waals surface area (Å²) in [5, 5.41) is 11.4. The molecule has 1 heterocycles. The molecule has 3 N–H and O–H groups in total. The van der Waals surface area contributed by atoms with Gasteiger partial charge in [0.1, 0.15) is 12.4 Å². The highest BCUT2D eigenvalue weighted by atomic mass is 32.1. The Morgan fingerprint density at radius 3 is 2.88 bits per heavy atom. The zero-order chi connectivity index (χ0) is 12.1. The molecule has 0 aliphatic heterocycles. The second-order valence-electron chi connectivity index (χ2n) is 3.55. The lowest BCUT2D eigenvalue weighted by Gasteiger charge is -2.09. The quantitative estimate of drug-likeness (QED) is 0.849. The number of nitrogen functional groups attached to an aromatic ring is 1. The van der Waals surface area contributed by atoms with Gasteiger partial charge in [-0.2, -0.15) is 0 Å². The third-order valence-electron chi connectivity index (χ3n) is 2.30. The standard InChI is InChI=1S/C12H14N2O2S/c13-12-14-10(8-17-12)7-16-11-4-2-1-3-9(11)5-6-15/h1-4,8,15H,5-7H2,(H2,13,14). The molecule has 0 spiro atoms. The van der Waals surface area contributed by atoms with E-state index in [0.29, 0.717) is 18.2 Å². The molecule has 0 atom stereocenters. The first-order valence-corrected chi connectivity index (χ1v) is 6.19. The summed E-state index contributed by atoms with van der Waals surface area (Å²) in [6.45, 7) is 0.514. The van der Waals surface area contributed by atoms with Gasteiger partial charge in [-0.3, -0.25) is 0 Å². The molecule has 0 saturated carbocycles. The first kappa shape index (κ1) is 11.9. The molecule has 0 aliphatic rings. The van der Waals surface area contributed by atoms with E-state index in [-0.39, 0.29) is 6.61 Å². The van der Waals surface area contributed by atoms with Crippen LogP contribution in [0.25, 0.3) is 0 Å². The molecule has 0 radical (unpaired) electrons. The molecule has 2 aromatic rings. The van der Waals surface area contributed by atoms with Crippen LogP contribution in [0.4, 0.5) is 5.13 Å². The second kappa shape index (κ2) is 5.65. The van der Waals surface area contributed by atoms with Crippen molar-refractivity contribution in [3.05, 3.63) is 40.9 Å². The lowest BCUT2D eigenvalue weighted by Crippen LogP contribution is -2.00.